The fourth-order valence-electron chi connectivity index (χ4n) is 1.37. The van der Waals surface area contributed by atoms with Crippen molar-refractivity contribution in [2.75, 3.05) is 45.0 Å². The van der Waals surface area contributed by atoms with Crippen molar-refractivity contribution in [3.8, 4) is 0 Å². The van der Waals surface area contributed by atoms with Crippen LogP contribution < -0.4 is 0 Å². The van der Waals surface area contributed by atoms with Gasteiger partial charge in [0, 0.05) is 31.4 Å². The van der Waals surface area contributed by atoms with E-state index < -0.39 is 6.57 Å². The largest absolute Gasteiger partial charge is 0.325 e. The van der Waals surface area contributed by atoms with Crippen molar-refractivity contribution in [2.24, 2.45) is 0 Å². The van der Waals surface area contributed by atoms with Crippen LogP contribution in [-0.2, 0) is 16.3 Å². The summed E-state index contributed by atoms with van der Waals surface area (Å²) in [6.07, 6.45) is 0. The normalized spacial score (nSPS) is 28.9. The van der Waals surface area contributed by atoms with Crippen molar-refractivity contribution in [1.82, 2.24) is 9.34 Å². The van der Waals surface area contributed by atoms with Gasteiger partial charge in [-0.25, -0.2) is 9.34 Å². The van der Waals surface area contributed by atoms with Gasteiger partial charge in [-0.3, -0.25) is 0 Å². The summed E-state index contributed by atoms with van der Waals surface area (Å²) in [5.41, 5.74) is 0. The Hall–Kier alpha value is 1.11. The molecule has 1 aliphatic rings. The monoisotopic (exact) mass is 276 g/mol. The van der Waals surface area contributed by atoms with Crippen LogP contribution in [0.4, 0.5) is 0 Å². The molecule has 1 unspecified atom stereocenters. The van der Waals surface area contributed by atoms with E-state index in [0.717, 1.165) is 26.2 Å². The molecule has 1 rings (SSSR count). The van der Waals surface area contributed by atoms with Crippen molar-refractivity contribution < 1.29 is 4.52 Å². The highest BCUT2D eigenvalue weighted by Gasteiger charge is 2.35. The Kier molecular flexibility index (Phi) is 5.64. The Morgan fingerprint density at radius 2 is 2.00 bits per heavy atom. The SMILES string of the molecule is CN1CCOP1(=S)N(CCCl)CCCl. The molecule has 0 spiro atoms. The van der Waals surface area contributed by atoms with Crippen molar-refractivity contribution in [3.63, 3.8) is 0 Å². The van der Waals surface area contributed by atoms with Gasteiger partial charge in [-0.2, -0.15) is 0 Å². The number of alkyl halides is 2. The standard InChI is InChI=1S/C7H15Cl2N2OPS/c1-10-6-7-12-13(10,14)11(4-2-8)5-3-9/h2-7H2,1H3. The molecule has 0 radical (unpaired) electrons. The van der Waals surface area contributed by atoms with E-state index in [9.17, 15) is 0 Å². The molecular formula is C7H15Cl2N2OPS. The van der Waals surface area contributed by atoms with Crippen LogP contribution in [0.3, 0.4) is 0 Å². The number of hydrogen-bond acceptors (Lipinski definition) is 2. The number of likely N-dealkylation sites (N-methyl/N-ethyl adjacent to an activating group) is 1. The first-order valence-corrected chi connectivity index (χ1v) is 8.18. The van der Waals surface area contributed by atoms with Gasteiger partial charge in [-0.05, 0) is 18.9 Å². The maximum Gasteiger partial charge on any atom is 0.203 e. The predicted molar refractivity (Wildman–Crippen MR) is 65.9 cm³/mol. The maximum atomic E-state index is 5.73. The van der Waals surface area contributed by atoms with E-state index in [-0.39, 0.29) is 0 Å². The molecule has 1 fully saturated rings. The first kappa shape index (κ1) is 13.2. The minimum atomic E-state index is -1.97. The highest BCUT2D eigenvalue weighted by atomic mass is 35.5. The highest BCUT2D eigenvalue weighted by Crippen LogP contribution is 2.56. The number of hydrogen-bond donors (Lipinski definition) is 0. The van der Waals surface area contributed by atoms with E-state index in [1.807, 2.05) is 7.05 Å². The molecule has 0 aromatic heterocycles. The minimum Gasteiger partial charge on any atom is -0.325 e. The van der Waals surface area contributed by atoms with Crippen LogP contribution in [0.15, 0.2) is 0 Å². The maximum absolute atomic E-state index is 5.73. The van der Waals surface area contributed by atoms with E-state index in [4.69, 9.17) is 39.5 Å². The van der Waals surface area contributed by atoms with Crippen LogP contribution >= 0.6 is 29.8 Å². The van der Waals surface area contributed by atoms with Gasteiger partial charge in [-0.15, -0.1) is 23.2 Å². The lowest BCUT2D eigenvalue weighted by Gasteiger charge is -2.33. The average Bonchev–Trinajstić information content (AvgIpc) is 2.48. The Morgan fingerprint density at radius 3 is 2.36 bits per heavy atom. The molecule has 0 aromatic rings. The Bertz CT molecular complexity index is 226. The van der Waals surface area contributed by atoms with Crippen molar-refractivity contribution in [1.29, 1.82) is 0 Å². The van der Waals surface area contributed by atoms with E-state index in [2.05, 4.69) is 9.34 Å². The van der Waals surface area contributed by atoms with Gasteiger partial charge in [-0.1, -0.05) is 0 Å². The third-order valence-corrected chi connectivity index (χ3v) is 7.03. The first-order valence-electron chi connectivity index (χ1n) is 4.48. The molecule has 0 N–H and O–H groups in total. The summed E-state index contributed by atoms with van der Waals surface area (Å²) in [5.74, 6) is 1.12. The fourth-order valence-corrected chi connectivity index (χ4v) is 5.13. The summed E-state index contributed by atoms with van der Waals surface area (Å²) in [6, 6.07) is 0. The van der Waals surface area contributed by atoms with E-state index in [0.29, 0.717) is 11.8 Å². The van der Waals surface area contributed by atoms with Crippen LogP contribution in [-0.4, -0.2) is 54.4 Å². The third-order valence-electron chi connectivity index (χ3n) is 2.15. The summed E-state index contributed by atoms with van der Waals surface area (Å²) in [4.78, 5) is 0. The summed E-state index contributed by atoms with van der Waals surface area (Å²) < 4.78 is 9.90. The molecule has 0 aliphatic carbocycles. The van der Waals surface area contributed by atoms with Gasteiger partial charge in [0.15, 0.2) is 0 Å². The molecule has 84 valence electrons. The molecule has 0 bridgehead atoms. The van der Waals surface area contributed by atoms with Crippen LogP contribution in [0.5, 0.6) is 0 Å². The minimum absolute atomic E-state index is 0.562. The van der Waals surface area contributed by atoms with Gasteiger partial charge in [0.25, 0.3) is 0 Å². The van der Waals surface area contributed by atoms with E-state index in [1.54, 1.807) is 0 Å². The second kappa shape index (κ2) is 6.00. The Labute approximate surface area is 100 Å². The number of nitrogens with zero attached hydrogens (tertiary/aromatic N) is 2. The van der Waals surface area contributed by atoms with Crippen LogP contribution in [0.2, 0.25) is 0 Å². The van der Waals surface area contributed by atoms with Crippen molar-refractivity contribution in [2.45, 2.75) is 0 Å². The smallest absolute Gasteiger partial charge is 0.203 e. The van der Waals surface area contributed by atoms with E-state index in [1.165, 1.54) is 0 Å². The highest BCUT2D eigenvalue weighted by molar-refractivity contribution is 8.10. The Balaban J connectivity index is 2.69. The van der Waals surface area contributed by atoms with Gasteiger partial charge in [0.2, 0.25) is 6.57 Å². The molecule has 1 heterocycles. The van der Waals surface area contributed by atoms with Crippen LogP contribution in [0.1, 0.15) is 0 Å². The lowest BCUT2D eigenvalue weighted by atomic mass is 10.6. The number of halogens is 2. The second-order valence-electron chi connectivity index (χ2n) is 3.04. The quantitative estimate of drug-likeness (QED) is 0.563. The van der Waals surface area contributed by atoms with Crippen molar-refractivity contribution >= 4 is 41.6 Å². The zero-order chi connectivity index (χ0) is 10.6. The number of rotatable bonds is 5. The van der Waals surface area contributed by atoms with Gasteiger partial charge in [0.05, 0.1) is 6.61 Å². The van der Waals surface area contributed by atoms with E-state index >= 15 is 0 Å². The zero-order valence-corrected chi connectivity index (χ0v) is 11.4. The fraction of sp³-hybridized carbons (Fsp3) is 1.00. The summed E-state index contributed by atoms with van der Waals surface area (Å²) in [7, 11) is 2.00. The molecule has 1 saturated heterocycles. The van der Waals surface area contributed by atoms with Crippen molar-refractivity contribution in [3.05, 3.63) is 0 Å². The zero-order valence-electron chi connectivity index (χ0n) is 8.16. The topological polar surface area (TPSA) is 15.7 Å². The molecule has 14 heavy (non-hydrogen) atoms. The summed E-state index contributed by atoms with van der Waals surface area (Å²) in [6.45, 7) is 1.14. The molecule has 0 aromatic carbocycles. The summed E-state index contributed by atoms with van der Waals surface area (Å²) >= 11 is 17.0. The first-order chi connectivity index (χ1) is 6.65. The molecule has 7 heteroatoms. The predicted octanol–water partition coefficient (Wildman–Crippen LogP) is 1.95. The van der Waals surface area contributed by atoms with Crippen LogP contribution in [0.25, 0.3) is 0 Å². The molecule has 1 atom stereocenters. The van der Waals surface area contributed by atoms with Gasteiger partial charge < -0.3 is 4.52 Å². The summed E-state index contributed by atoms with van der Waals surface area (Å²) in [5, 5.41) is 0. The van der Waals surface area contributed by atoms with Gasteiger partial charge >= 0.3 is 0 Å². The lowest BCUT2D eigenvalue weighted by Crippen LogP contribution is -2.29. The molecule has 3 nitrogen and oxygen atoms in total. The second-order valence-corrected chi connectivity index (χ2v) is 7.71. The van der Waals surface area contributed by atoms with Gasteiger partial charge in [0.1, 0.15) is 0 Å². The van der Waals surface area contributed by atoms with Crippen LogP contribution in [0, 0.1) is 0 Å². The average molecular weight is 277 g/mol. The molecule has 0 saturated carbocycles. The molecular weight excluding hydrogens is 262 g/mol. The lowest BCUT2D eigenvalue weighted by molar-refractivity contribution is 0.351. The molecule has 0 amide bonds. The molecule has 1 aliphatic heterocycles. The Morgan fingerprint density at radius 1 is 1.43 bits per heavy atom. The third kappa shape index (κ3) is 2.82.